The first-order valence-electron chi connectivity index (χ1n) is 6.51. The number of rotatable bonds is 5. The summed E-state index contributed by atoms with van der Waals surface area (Å²) < 4.78 is 49.3. The molecule has 0 saturated carbocycles. The Labute approximate surface area is 124 Å². The van der Waals surface area contributed by atoms with Crippen molar-refractivity contribution in [3.63, 3.8) is 0 Å². The molecule has 116 valence electrons. The van der Waals surface area contributed by atoms with Crippen molar-refractivity contribution < 1.29 is 21.6 Å². The number of hydrogen-bond acceptors (Lipinski definition) is 5. The molecule has 1 aliphatic heterocycles. The third kappa shape index (κ3) is 4.12. The number of benzene rings is 1. The van der Waals surface area contributed by atoms with Gasteiger partial charge in [-0.2, -0.15) is 0 Å². The van der Waals surface area contributed by atoms with Gasteiger partial charge in [0.1, 0.15) is 0 Å². The average Bonchev–Trinajstić information content (AvgIpc) is 2.76. The van der Waals surface area contributed by atoms with Gasteiger partial charge in [0, 0.05) is 12.1 Å². The van der Waals surface area contributed by atoms with Gasteiger partial charge in [0.25, 0.3) is 0 Å². The summed E-state index contributed by atoms with van der Waals surface area (Å²) >= 11 is 0. The number of ketones is 1. The molecule has 1 aromatic carbocycles. The molecule has 1 heterocycles. The number of sulfonamides is 1. The molecule has 0 spiro atoms. The predicted molar refractivity (Wildman–Crippen MR) is 78.4 cm³/mol. The Bertz CT molecular complexity index is 735. The van der Waals surface area contributed by atoms with E-state index in [4.69, 9.17) is 0 Å². The number of sulfone groups is 1. The van der Waals surface area contributed by atoms with Crippen LogP contribution in [0.4, 0.5) is 0 Å². The van der Waals surface area contributed by atoms with E-state index in [-0.39, 0.29) is 34.6 Å². The van der Waals surface area contributed by atoms with Crippen LogP contribution in [0.2, 0.25) is 0 Å². The Balaban J connectivity index is 2.03. The molecule has 1 atom stereocenters. The third-order valence-corrected chi connectivity index (χ3v) is 6.74. The standard InChI is InChI=1S/C13H17NO5S2/c1-10(15)12-2-4-13(5-3-12)21(18,19)14-8-11-6-7-20(16,17)9-11/h2-5,11,14H,6-9H2,1H3. The van der Waals surface area contributed by atoms with Gasteiger partial charge < -0.3 is 0 Å². The molecule has 0 radical (unpaired) electrons. The van der Waals surface area contributed by atoms with E-state index in [1.807, 2.05) is 0 Å². The lowest BCUT2D eigenvalue weighted by atomic mass is 10.1. The molecule has 1 aliphatic rings. The van der Waals surface area contributed by atoms with E-state index < -0.39 is 19.9 Å². The fourth-order valence-electron chi connectivity index (χ4n) is 2.21. The van der Waals surface area contributed by atoms with Crippen molar-refractivity contribution >= 4 is 25.6 Å². The highest BCUT2D eigenvalue weighted by atomic mass is 32.2. The zero-order valence-corrected chi connectivity index (χ0v) is 13.2. The van der Waals surface area contributed by atoms with Gasteiger partial charge in [-0.1, -0.05) is 12.1 Å². The largest absolute Gasteiger partial charge is 0.295 e. The van der Waals surface area contributed by atoms with Gasteiger partial charge in [-0.15, -0.1) is 0 Å². The van der Waals surface area contributed by atoms with Crippen LogP contribution in [0.3, 0.4) is 0 Å². The first kappa shape index (κ1) is 16.1. The van der Waals surface area contributed by atoms with Crippen molar-refractivity contribution in [1.82, 2.24) is 4.72 Å². The van der Waals surface area contributed by atoms with Crippen molar-refractivity contribution in [2.75, 3.05) is 18.1 Å². The molecule has 0 amide bonds. The van der Waals surface area contributed by atoms with Crippen LogP contribution >= 0.6 is 0 Å². The second kappa shape index (κ2) is 5.86. The minimum Gasteiger partial charge on any atom is -0.295 e. The quantitative estimate of drug-likeness (QED) is 0.797. The Morgan fingerprint density at radius 3 is 2.38 bits per heavy atom. The molecule has 8 heteroatoms. The molecule has 1 saturated heterocycles. The van der Waals surface area contributed by atoms with Gasteiger partial charge in [-0.25, -0.2) is 21.6 Å². The summed E-state index contributed by atoms with van der Waals surface area (Å²) in [5.74, 6) is -0.171. The monoisotopic (exact) mass is 331 g/mol. The Hall–Kier alpha value is -1.25. The summed E-state index contributed by atoms with van der Waals surface area (Å²) in [6, 6.07) is 5.64. The zero-order chi connectivity index (χ0) is 15.7. The highest BCUT2D eigenvalue weighted by Gasteiger charge is 2.28. The number of carbonyl (C=O) groups is 1. The van der Waals surface area contributed by atoms with Gasteiger partial charge in [-0.3, -0.25) is 4.79 Å². The van der Waals surface area contributed by atoms with E-state index in [1.54, 1.807) is 0 Å². The highest BCUT2D eigenvalue weighted by Crippen LogP contribution is 2.18. The number of carbonyl (C=O) groups excluding carboxylic acids is 1. The molecule has 6 nitrogen and oxygen atoms in total. The van der Waals surface area contributed by atoms with Gasteiger partial charge in [0.2, 0.25) is 10.0 Å². The van der Waals surface area contributed by atoms with Gasteiger partial charge in [0.05, 0.1) is 16.4 Å². The maximum Gasteiger partial charge on any atom is 0.240 e. The summed E-state index contributed by atoms with van der Waals surface area (Å²) in [5.41, 5.74) is 0.441. The smallest absolute Gasteiger partial charge is 0.240 e. The molecule has 1 fully saturated rings. The van der Waals surface area contributed by atoms with E-state index in [2.05, 4.69) is 4.72 Å². The zero-order valence-electron chi connectivity index (χ0n) is 11.6. The van der Waals surface area contributed by atoms with Gasteiger partial charge >= 0.3 is 0 Å². The number of hydrogen-bond donors (Lipinski definition) is 1. The normalized spacial score (nSPS) is 21.3. The van der Waals surface area contributed by atoms with Crippen LogP contribution in [0, 0.1) is 5.92 Å². The molecule has 0 bridgehead atoms. The van der Waals surface area contributed by atoms with Crippen molar-refractivity contribution in [2.45, 2.75) is 18.2 Å². The summed E-state index contributed by atoms with van der Waals surface area (Å²) in [5, 5.41) is 0. The molecular formula is C13H17NO5S2. The molecular weight excluding hydrogens is 314 g/mol. The van der Waals surface area contributed by atoms with Crippen molar-refractivity contribution in [3.05, 3.63) is 29.8 Å². The highest BCUT2D eigenvalue weighted by molar-refractivity contribution is 7.91. The lowest BCUT2D eigenvalue weighted by Gasteiger charge is -2.10. The number of nitrogens with one attached hydrogen (secondary N) is 1. The number of Topliss-reactive ketones (excluding diaryl/α,β-unsaturated/α-hetero) is 1. The van der Waals surface area contributed by atoms with Crippen molar-refractivity contribution in [2.24, 2.45) is 5.92 Å². The van der Waals surface area contributed by atoms with Gasteiger partial charge in [-0.05, 0) is 31.4 Å². The Kier molecular flexibility index (Phi) is 4.50. The van der Waals surface area contributed by atoms with Crippen LogP contribution < -0.4 is 4.72 Å². The van der Waals surface area contributed by atoms with Crippen LogP contribution in [0.5, 0.6) is 0 Å². The predicted octanol–water partition coefficient (Wildman–Crippen LogP) is 0.602. The van der Waals surface area contributed by atoms with E-state index in [1.165, 1.54) is 31.2 Å². The minimum absolute atomic E-state index is 0.0266. The van der Waals surface area contributed by atoms with Crippen LogP contribution in [-0.2, 0) is 19.9 Å². The van der Waals surface area contributed by atoms with Crippen LogP contribution in [0.15, 0.2) is 29.2 Å². The molecule has 0 aromatic heterocycles. The second-order valence-corrected chi connectivity index (χ2v) is 9.20. The Morgan fingerprint density at radius 2 is 1.90 bits per heavy atom. The van der Waals surface area contributed by atoms with Crippen molar-refractivity contribution in [1.29, 1.82) is 0 Å². The lowest BCUT2D eigenvalue weighted by Crippen LogP contribution is -2.30. The average molecular weight is 331 g/mol. The molecule has 2 rings (SSSR count). The van der Waals surface area contributed by atoms with Crippen molar-refractivity contribution in [3.8, 4) is 0 Å². The third-order valence-electron chi connectivity index (χ3n) is 3.46. The van der Waals surface area contributed by atoms with Crippen LogP contribution in [-0.4, -0.2) is 40.7 Å². The maximum absolute atomic E-state index is 12.1. The molecule has 1 unspecified atom stereocenters. The molecule has 0 aliphatic carbocycles. The second-order valence-electron chi connectivity index (χ2n) is 5.20. The fourth-order valence-corrected chi connectivity index (χ4v) is 5.19. The lowest BCUT2D eigenvalue weighted by molar-refractivity contribution is 0.101. The topological polar surface area (TPSA) is 97.4 Å². The maximum atomic E-state index is 12.1. The first-order chi connectivity index (χ1) is 9.70. The van der Waals surface area contributed by atoms with Crippen LogP contribution in [0.1, 0.15) is 23.7 Å². The first-order valence-corrected chi connectivity index (χ1v) is 9.81. The summed E-state index contributed by atoms with van der Waals surface area (Å²) in [6.07, 6.45) is 0.480. The van der Waals surface area contributed by atoms with Crippen LogP contribution in [0.25, 0.3) is 0 Å². The summed E-state index contributed by atoms with van der Waals surface area (Å²) in [7, 11) is -6.70. The van der Waals surface area contributed by atoms with E-state index >= 15 is 0 Å². The minimum atomic E-state index is -3.68. The fraction of sp³-hybridized carbons (Fsp3) is 0.462. The molecule has 1 N–H and O–H groups in total. The summed E-state index contributed by atoms with van der Waals surface area (Å²) in [4.78, 5) is 11.2. The van der Waals surface area contributed by atoms with E-state index in [9.17, 15) is 21.6 Å². The summed E-state index contributed by atoms with van der Waals surface area (Å²) in [6.45, 7) is 1.51. The molecule has 21 heavy (non-hydrogen) atoms. The van der Waals surface area contributed by atoms with Gasteiger partial charge in [0.15, 0.2) is 15.6 Å². The van der Waals surface area contributed by atoms with E-state index in [0.29, 0.717) is 12.0 Å². The van der Waals surface area contributed by atoms with E-state index in [0.717, 1.165) is 0 Å². The Morgan fingerprint density at radius 1 is 1.29 bits per heavy atom. The molecule has 1 aromatic rings. The SMILES string of the molecule is CC(=O)c1ccc(S(=O)(=O)NCC2CCS(=O)(=O)C2)cc1.